The molecule has 0 spiro atoms. The Kier molecular flexibility index (Phi) is 4.29. The number of aryl methyl sites for hydroxylation is 2. The van der Waals surface area contributed by atoms with Crippen LogP contribution in [0.15, 0.2) is 30.3 Å². The number of carbonyl (C=O) groups is 1. The third-order valence-electron chi connectivity index (χ3n) is 4.41. The molecule has 3 aromatic rings. The van der Waals surface area contributed by atoms with Gasteiger partial charge in [0, 0.05) is 0 Å². The van der Waals surface area contributed by atoms with Gasteiger partial charge in [-0.05, 0) is 55.3 Å². The van der Waals surface area contributed by atoms with Crippen molar-refractivity contribution in [1.82, 2.24) is 14.8 Å². The van der Waals surface area contributed by atoms with Crippen molar-refractivity contribution in [3.05, 3.63) is 53.0 Å². The molecule has 0 bridgehead atoms. The van der Waals surface area contributed by atoms with Gasteiger partial charge in [0.05, 0.1) is 17.1 Å². The lowest BCUT2D eigenvalue weighted by Crippen LogP contribution is -2.26. The van der Waals surface area contributed by atoms with E-state index in [1.165, 1.54) is 12.1 Å². The first-order valence-corrected chi connectivity index (χ1v) is 8.52. The Morgan fingerprint density at radius 3 is 2.59 bits per heavy atom. The van der Waals surface area contributed by atoms with Gasteiger partial charge in [0.1, 0.15) is 5.82 Å². The second-order valence-electron chi connectivity index (χ2n) is 6.59. The molecule has 1 amide bonds. The van der Waals surface area contributed by atoms with Gasteiger partial charge in [0.15, 0.2) is 23.9 Å². The maximum Gasteiger partial charge on any atom is 0.435 e. The van der Waals surface area contributed by atoms with Gasteiger partial charge >= 0.3 is 6.18 Å². The molecule has 0 radical (unpaired) electrons. The summed E-state index contributed by atoms with van der Waals surface area (Å²) in [6.45, 7) is 3.09. The molecule has 1 aliphatic rings. The summed E-state index contributed by atoms with van der Waals surface area (Å²) in [5.41, 5.74) is 0.330. The number of carbonyl (C=O) groups excluding carboxylic acids is 1. The number of amides is 1. The average Bonchev–Trinajstić information content (AvgIpc) is 3.06. The zero-order chi connectivity index (χ0) is 20.9. The van der Waals surface area contributed by atoms with Crippen LogP contribution in [0.3, 0.4) is 0 Å². The molecule has 2 aromatic heterocycles. The first-order chi connectivity index (χ1) is 13.6. The lowest BCUT2D eigenvalue weighted by Gasteiger charge is -2.20. The van der Waals surface area contributed by atoms with Crippen molar-refractivity contribution in [1.29, 1.82) is 0 Å². The van der Waals surface area contributed by atoms with Gasteiger partial charge in [0.25, 0.3) is 5.91 Å². The molecule has 1 aliphatic heterocycles. The molecule has 3 heterocycles. The quantitative estimate of drug-likeness (QED) is 0.653. The van der Waals surface area contributed by atoms with Crippen molar-refractivity contribution < 1.29 is 27.1 Å². The highest BCUT2D eigenvalue weighted by molar-refractivity contribution is 5.95. The summed E-state index contributed by atoms with van der Waals surface area (Å²) in [4.78, 5) is 15.9. The van der Waals surface area contributed by atoms with Crippen LogP contribution >= 0.6 is 0 Å². The molecular formula is C19H14F4N4O2. The number of fused-ring (bicyclic) bond motifs is 1. The lowest BCUT2D eigenvalue weighted by molar-refractivity contribution is -0.141. The molecule has 0 aliphatic carbocycles. The largest absolute Gasteiger partial charge is 0.480 e. The molecule has 0 fully saturated rings. The van der Waals surface area contributed by atoms with Gasteiger partial charge in [-0.15, -0.1) is 0 Å². The van der Waals surface area contributed by atoms with Crippen LogP contribution < -0.4 is 10.1 Å². The molecular weight excluding hydrogens is 392 g/mol. The van der Waals surface area contributed by atoms with E-state index in [0.717, 1.165) is 16.8 Å². The van der Waals surface area contributed by atoms with Gasteiger partial charge < -0.3 is 10.1 Å². The van der Waals surface area contributed by atoms with E-state index in [-0.39, 0.29) is 29.5 Å². The molecule has 6 nitrogen and oxygen atoms in total. The summed E-state index contributed by atoms with van der Waals surface area (Å²) in [5.74, 6) is -0.458. The molecule has 0 saturated carbocycles. The third kappa shape index (κ3) is 3.41. The minimum absolute atomic E-state index is 0.0396. The highest BCUT2D eigenvalue weighted by Crippen LogP contribution is 2.37. The highest BCUT2D eigenvalue weighted by atomic mass is 19.4. The van der Waals surface area contributed by atoms with Crippen LogP contribution in [0.2, 0.25) is 0 Å². The fraction of sp³-hybridized carbons (Fsp3) is 0.211. The smallest absolute Gasteiger partial charge is 0.435 e. The molecule has 0 unspecified atom stereocenters. The number of anilines is 1. The second-order valence-corrected chi connectivity index (χ2v) is 6.59. The van der Waals surface area contributed by atoms with Crippen LogP contribution in [0.5, 0.6) is 5.75 Å². The summed E-state index contributed by atoms with van der Waals surface area (Å²) in [6.07, 6.45) is -4.69. The van der Waals surface area contributed by atoms with E-state index in [4.69, 9.17) is 4.74 Å². The molecule has 1 N–H and O–H groups in total. The van der Waals surface area contributed by atoms with Crippen molar-refractivity contribution in [2.45, 2.75) is 20.0 Å². The minimum atomic E-state index is -4.69. The normalized spacial score (nSPS) is 13.7. The second kappa shape index (κ2) is 6.57. The Bertz CT molecular complexity index is 1140. The van der Waals surface area contributed by atoms with E-state index >= 15 is 0 Å². The molecule has 0 atom stereocenters. The first kappa shape index (κ1) is 18.9. The Balaban J connectivity index is 1.94. The summed E-state index contributed by atoms with van der Waals surface area (Å²) in [5, 5.41) is 6.24. The number of nitrogens with one attached hydrogen (secondary N) is 1. The molecule has 150 valence electrons. The van der Waals surface area contributed by atoms with Gasteiger partial charge in [0.2, 0.25) is 0 Å². The SMILES string of the molecule is Cc1cc(F)ccc1-n1nc(C(F)(F)F)cc1-c1cc(C)c2c(n1)NC(=O)CO2. The fourth-order valence-electron chi connectivity index (χ4n) is 3.11. The number of halogens is 4. The van der Waals surface area contributed by atoms with Crippen molar-refractivity contribution in [3.8, 4) is 22.8 Å². The molecule has 10 heteroatoms. The maximum atomic E-state index is 13.5. The Hall–Kier alpha value is -3.43. The highest BCUT2D eigenvalue weighted by Gasteiger charge is 2.36. The third-order valence-corrected chi connectivity index (χ3v) is 4.41. The van der Waals surface area contributed by atoms with E-state index in [0.29, 0.717) is 16.9 Å². The summed E-state index contributed by atoms with van der Waals surface area (Å²) in [7, 11) is 0. The van der Waals surface area contributed by atoms with Gasteiger partial charge in [-0.1, -0.05) is 0 Å². The first-order valence-electron chi connectivity index (χ1n) is 8.52. The van der Waals surface area contributed by atoms with Crippen molar-refractivity contribution >= 4 is 11.7 Å². The lowest BCUT2D eigenvalue weighted by atomic mass is 10.1. The number of ether oxygens (including phenoxy) is 1. The fourth-order valence-corrected chi connectivity index (χ4v) is 3.11. The zero-order valence-corrected chi connectivity index (χ0v) is 15.3. The number of rotatable bonds is 2. The van der Waals surface area contributed by atoms with Crippen LogP contribution in [0.1, 0.15) is 16.8 Å². The molecule has 1 aromatic carbocycles. The van der Waals surface area contributed by atoms with Crippen LogP contribution in [-0.2, 0) is 11.0 Å². The molecule has 29 heavy (non-hydrogen) atoms. The zero-order valence-electron chi connectivity index (χ0n) is 15.3. The van der Waals surface area contributed by atoms with E-state index in [2.05, 4.69) is 15.4 Å². The van der Waals surface area contributed by atoms with Gasteiger partial charge in [-0.3, -0.25) is 4.79 Å². The van der Waals surface area contributed by atoms with Gasteiger partial charge in [-0.2, -0.15) is 18.3 Å². The number of aromatic nitrogens is 3. The van der Waals surface area contributed by atoms with Crippen molar-refractivity contribution in [2.75, 3.05) is 11.9 Å². The van der Waals surface area contributed by atoms with Crippen LogP contribution in [0.25, 0.3) is 17.1 Å². The van der Waals surface area contributed by atoms with E-state index in [1.54, 1.807) is 19.9 Å². The van der Waals surface area contributed by atoms with Crippen LogP contribution in [-0.4, -0.2) is 27.3 Å². The summed E-state index contributed by atoms with van der Waals surface area (Å²) < 4.78 is 59.9. The van der Waals surface area contributed by atoms with E-state index in [1.807, 2.05) is 0 Å². The summed E-state index contributed by atoms with van der Waals surface area (Å²) >= 11 is 0. The monoisotopic (exact) mass is 406 g/mol. The van der Waals surface area contributed by atoms with E-state index in [9.17, 15) is 22.4 Å². The number of nitrogens with zero attached hydrogens (tertiary/aromatic N) is 3. The molecule has 0 saturated heterocycles. The predicted molar refractivity (Wildman–Crippen MR) is 95.4 cm³/mol. The summed E-state index contributed by atoms with van der Waals surface area (Å²) in [6, 6.07) is 6.09. The topological polar surface area (TPSA) is 69.0 Å². The van der Waals surface area contributed by atoms with E-state index < -0.39 is 23.6 Å². The van der Waals surface area contributed by atoms with Crippen molar-refractivity contribution in [3.63, 3.8) is 0 Å². The number of pyridine rings is 1. The maximum absolute atomic E-state index is 13.5. The molecule has 4 rings (SSSR count). The predicted octanol–water partition coefficient (Wildman–Crippen LogP) is 4.04. The van der Waals surface area contributed by atoms with Crippen molar-refractivity contribution in [2.24, 2.45) is 0 Å². The number of hydrogen-bond donors (Lipinski definition) is 1. The van der Waals surface area contributed by atoms with Crippen LogP contribution in [0.4, 0.5) is 23.4 Å². The van der Waals surface area contributed by atoms with Gasteiger partial charge in [-0.25, -0.2) is 14.1 Å². The van der Waals surface area contributed by atoms with Crippen LogP contribution in [0, 0.1) is 19.7 Å². The number of alkyl halides is 3. The average molecular weight is 406 g/mol. The number of benzene rings is 1. The minimum Gasteiger partial charge on any atom is -0.480 e. The number of hydrogen-bond acceptors (Lipinski definition) is 4. The Labute approximate surface area is 162 Å². The Morgan fingerprint density at radius 1 is 1.14 bits per heavy atom. The standard InChI is InChI=1S/C19H14F4N4O2/c1-9-5-11(20)3-4-13(9)27-14(7-15(26-27)19(21,22)23)12-6-10(2)17-18(24-12)25-16(28)8-29-17/h3-7H,8H2,1-2H3,(H,24,25,28). The Morgan fingerprint density at radius 2 is 1.90 bits per heavy atom.